The van der Waals surface area contributed by atoms with Crippen LogP contribution in [0.15, 0.2) is 36.4 Å². The van der Waals surface area contributed by atoms with Gasteiger partial charge in [0.2, 0.25) is 0 Å². The van der Waals surface area contributed by atoms with Gasteiger partial charge in [0.1, 0.15) is 13.2 Å². The number of anilines is 1. The summed E-state index contributed by atoms with van der Waals surface area (Å²) in [5.74, 6) is 1.25. The van der Waals surface area contributed by atoms with Crippen molar-refractivity contribution in [1.82, 2.24) is 0 Å². The van der Waals surface area contributed by atoms with Crippen molar-refractivity contribution in [2.75, 3.05) is 18.5 Å². The number of fused-ring (bicyclic) bond motifs is 1. The molecule has 20 heavy (non-hydrogen) atoms. The fourth-order valence-electron chi connectivity index (χ4n) is 2.04. The molecule has 5 nitrogen and oxygen atoms in total. The monoisotopic (exact) mass is 273 g/mol. The van der Waals surface area contributed by atoms with Crippen LogP contribution < -0.4 is 14.8 Å². The topological polar surface area (TPSA) is 71.0 Å². The molecule has 3 rings (SSSR count). The number of nitrogens with one attached hydrogen (secondary N) is 1. The molecule has 2 aromatic rings. The summed E-state index contributed by atoms with van der Waals surface area (Å²) in [7, 11) is 0. The van der Waals surface area contributed by atoms with Gasteiger partial charge < -0.3 is 25.0 Å². The zero-order valence-corrected chi connectivity index (χ0v) is 10.8. The Morgan fingerprint density at radius 2 is 1.70 bits per heavy atom. The molecule has 2 aromatic carbocycles. The number of rotatable bonds is 3. The van der Waals surface area contributed by atoms with E-state index in [1.807, 2.05) is 18.2 Å². The number of phenolic OH excluding ortho intramolecular Hbond substituents is 2. The lowest BCUT2D eigenvalue weighted by Gasteiger charge is -2.19. The van der Waals surface area contributed by atoms with Crippen LogP contribution in [-0.4, -0.2) is 23.4 Å². The van der Waals surface area contributed by atoms with E-state index in [4.69, 9.17) is 9.47 Å². The van der Waals surface area contributed by atoms with E-state index in [2.05, 4.69) is 5.32 Å². The van der Waals surface area contributed by atoms with E-state index >= 15 is 0 Å². The van der Waals surface area contributed by atoms with Gasteiger partial charge in [-0.15, -0.1) is 0 Å². The normalized spacial score (nSPS) is 13.0. The molecule has 1 aliphatic rings. The van der Waals surface area contributed by atoms with E-state index in [0.29, 0.717) is 19.8 Å². The van der Waals surface area contributed by atoms with Crippen molar-refractivity contribution in [2.45, 2.75) is 6.54 Å². The number of benzene rings is 2. The van der Waals surface area contributed by atoms with Crippen molar-refractivity contribution in [2.24, 2.45) is 0 Å². The predicted molar refractivity (Wildman–Crippen MR) is 74.5 cm³/mol. The van der Waals surface area contributed by atoms with Crippen molar-refractivity contribution in [3.8, 4) is 23.0 Å². The Bertz CT molecular complexity index is 627. The highest BCUT2D eigenvalue weighted by Gasteiger charge is 2.11. The summed E-state index contributed by atoms with van der Waals surface area (Å²) < 4.78 is 11.0. The minimum atomic E-state index is -0.119. The highest BCUT2D eigenvalue weighted by molar-refractivity contribution is 5.55. The Morgan fingerprint density at radius 1 is 0.900 bits per heavy atom. The molecular weight excluding hydrogens is 258 g/mol. The summed E-state index contributed by atoms with van der Waals surface area (Å²) in [4.78, 5) is 0. The third-order valence-corrected chi connectivity index (χ3v) is 3.08. The Balaban J connectivity index is 1.70. The van der Waals surface area contributed by atoms with Gasteiger partial charge in [0.05, 0.1) is 0 Å². The van der Waals surface area contributed by atoms with Crippen LogP contribution in [0.2, 0.25) is 0 Å². The molecule has 0 saturated heterocycles. The van der Waals surface area contributed by atoms with Crippen LogP contribution >= 0.6 is 0 Å². The molecular formula is C15H15NO4. The molecule has 0 radical (unpaired) electrons. The molecule has 5 heteroatoms. The average molecular weight is 273 g/mol. The maximum atomic E-state index is 9.44. The molecule has 0 atom stereocenters. The summed E-state index contributed by atoms with van der Waals surface area (Å²) in [6.45, 7) is 1.67. The molecule has 0 bridgehead atoms. The van der Waals surface area contributed by atoms with E-state index in [0.717, 1.165) is 22.7 Å². The smallest absolute Gasteiger partial charge is 0.163 e. The molecule has 0 amide bonds. The first-order chi connectivity index (χ1) is 9.72. The second-order valence-corrected chi connectivity index (χ2v) is 4.54. The maximum Gasteiger partial charge on any atom is 0.163 e. The molecule has 0 spiro atoms. The predicted octanol–water partition coefficient (Wildman–Crippen LogP) is 2.48. The highest BCUT2D eigenvalue weighted by atomic mass is 16.6. The maximum absolute atomic E-state index is 9.44. The second kappa shape index (κ2) is 5.21. The van der Waals surface area contributed by atoms with Gasteiger partial charge >= 0.3 is 0 Å². The average Bonchev–Trinajstić information content (AvgIpc) is 2.48. The third-order valence-electron chi connectivity index (χ3n) is 3.08. The molecule has 1 heterocycles. The van der Waals surface area contributed by atoms with Crippen molar-refractivity contribution >= 4 is 5.69 Å². The summed E-state index contributed by atoms with van der Waals surface area (Å²) in [6, 6.07) is 10.4. The van der Waals surface area contributed by atoms with Crippen molar-refractivity contribution in [3.05, 3.63) is 42.0 Å². The Labute approximate surface area is 116 Å². The minimum Gasteiger partial charge on any atom is -0.504 e. The van der Waals surface area contributed by atoms with Gasteiger partial charge in [-0.25, -0.2) is 0 Å². The van der Waals surface area contributed by atoms with Crippen LogP contribution in [0, 0.1) is 0 Å². The molecule has 0 fully saturated rings. The van der Waals surface area contributed by atoms with Crippen LogP contribution in [0.4, 0.5) is 5.69 Å². The van der Waals surface area contributed by atoms with Crippen molar-refractivity contribution in [1.29, 1.82) is 0 Å². The number of hydrogen-bond acceptors (Lipinski definition) is 5. The van der Waals surface area contributed by atoms with E-state index < -0.39 is 0 Å². The number of aromatic hydroxyl groups is 2. The molecule has 3 N–H and O–H groups in total. The summed E-state index contributed by atoms with van der Waals surface area (Å²) in [6.07, 6.45) is 0. The van der Waals surface area contributed by atoms with Gasteiger partial charge in [-0.1, -0.05) is 6.07 Å². The van der Waals surface area contributed by atoms with E-state index in [1.165, 1.54) is 12.1 Å². The molecule has 0 saturated carbocycles. The van der Waals surface area contributed by atoms with E-state index in [-0.39, 0.29) is 11.5 Å². The Hall–Kier alpha value is -2.56. The van der Waals surface area contributed by atoms with Crippen LogP contribution in [-0.2, 0) is 6.54 Å². The van der Waals surface area contributed by atoms with E-state index in [1.54, 1.807) is 6.07 Å². The van der Waals surface area contributed by atoms with Gasteiger partial charge in [-0.05, 0) is 29.8 Å². The SMILES string of the molecule is Oc1ccc(CNc2ccc3c(c2)OCCO3)cc1O. The molecule has 1 aliphatic heterocycles. The van der Waals surface area contributed by atoms with Gasteiger partial charge in [0.15, 0.2) is 23.0 Å². The van der Waals surface area contributed by atoms with Crippen LogP contribution in [0.1, 0.15) is 5.56 Å². The van der Waals surface area contributed by atoms with Gasteiger partial charge in [0.25, 0.3) is 0 Å². The van der Waals surface area contributed by atoms with E-state index in [9.17, 15) is 10.2 Å². The van der Waals surface area contributed by atoms with Gasteiger partial charge in [0, 0.05) is 18.3 Å². The Kier molecular flexibility index (Phi) is 3.25. The van der Waals surface area contributed by atoms with Crippen LogP contribution in [0.3, 0.4) is 0 Å². The second-order valence-electron chi connectivity index (χ2n) is 4.54. The van der Waals surface area contributed by atoms with Crippen LogP contribution in [0.5, 0.6) is 23.0 Å². The zero-order chi connectivity index (χ0) is 13.9. The lowest BCUT2D eigenvalue weighted by atomic mass is 10.2. The quantitative estimate of drug-likeness (QED) is 0.749. The van der Waals surface area contributed by atoms with Crippen molar-refractivity contribution < 1.29 is 19.7 Å². The minimum absolute atomic E-state index is 0.118. The van der Waals surface area contributed by atoms with Crippen molar-refractivity contribution in [3.63, 3.8) is 0 Å². The Morgan fingerprint density at radius 3 is 2.50 bits per heavy atom. The number of hydrogen-bond donors (Lipinski definition) is 3. The first-order valence-electron chi connectivity index (χ1n) is 6.37. The van der Waals surface area contributed by atoms with Crippen LogP contribution in [0.25, 0.3) is 0 Å². The third kappa shape index (κ3) is 2.56. The molecule has 0 unspecified atom stereocenters. The molecule has 0 aromatic heterocycles. The first-order valence-corrected chi connectivity index (χ1v) is 6.37. The zero-order valence-electron chi connectivity index (χ0n) is 10.8. The lowest BCUT2D eigenvalue weighted by molar-refractivity contribution is 0.171. The number of ether oxygens (including phenoxy) is 2. The first kappa shape index (κ1) is 12.5. The summed E-state index contributed by atoms with van der Waals surface area (Å²) in [5.41, 5.74) is 1.78. The summed E-state index contributed by atoms with van der Waals surface area (Å²) in [5, 5.41) is 21.9. The van der Waals surface area contributed by atoms with Gasteiger partial charge in [-0.2, -0.15) is 0 Å². The standard InChI is InChI=1S/C15H15NO4/c17-12-3-1-10(7-13(12)18)9-16-11-2-4-14-15(8-11)20-6-5-19-14/h1-4,7-8,16-18H,5-6,9H2. The van der Waals surface area contributed by atoms with Gasteiger partial charge in [-0.3, -0.25) is 0 Å². The molecule has 104 valence electrons. The largest absolute Gasteiger partial charge is 0.504 e. The number of phenols is 2. The lowest BCUT2D eigenvalue weighted by Crippen LogP contribution is -2.15. The summed E-state index contributed by atoms with van der Waals surface area (Å²) >= 11 is 0. The fourth-order valence-corrected chi connectivity index (χ4v) is 2.04. The fraction of sp³-hybridized carbons (Fsp3) is 0.200. The molecule has 0 aliphatic carbocycles. The highest BCUT2D eigenvalue weighted by Crippen LogP contribution is 2.33.